The molecule has 0 bridgehead atoms. The van der Waals surface area contributed by atoms with Crippen LogP contribution in [0.3, 0.4) is 0 Å². The first-order chi connectivity index (χ1) is 7.72. The van der Waals surface area contributed by atoms with Gasteiger partial charge in [-0.2, -0.15) is 0 Å². The minimum absolute atomic E-state index is 0.474. The van der Waals surface area contributed by atoms with Gasteiger partial charge in [-0.15, -0.1) is 11.6 Å². The number of aryl methyl sites for hydroxylation is 1. The molecule has 0 aliphatic rings. The monoisotopic (exact) mass is 251 g/mol. The van der Waals surface area contributed by atoms with E-state index in [4.69, 9.17) is 23.2 Å². The maximum absolute atomic E-state index is 6.11. The van der Waals surface area contributed by atoms with E-state index in [1.54, 1.807) is 0 Å². The van der Waals surface area contributed by atoms with E-state index in [-0.39, 0.29) is 0 Å². The molecule has 0 unspecified atom stereocenters. The van der Waals surface area contributed by atoms with Crippen LogP contribution in [0.15, 0.2) is 30.3 Å². The summed E-state index contributed by atoms with van der Waals surface area (Å²) >= 11 is 11.7. The lowest BCUT2D eigenvalue weighted by Crippen LogP contribution is -1.87. The molecule has 3 heteroatoms. The van der Waals surface area contributed by atoms with Gasteiger partial charge in [-0.05, 0) is 18.6 Å². The summed E-state index contributed by atoms with van der Waals surface area (Å²) in [6.45, 7) is 2.03. The average molecular weight is 252 g/mol. The number of benzene rings is 1. The number of allylic oxidation sites excluding steroid dienone is 1. The van der Waals surface area contributed by atoms with Crippen LogP contribution >= 0.6 is 23.2 Å². The van der Waals surface area contributed by atoms with E-state index in [1.807, 2.05) is 43.3 Å². The Hall–Kier alpha value is -1.05. The van der Waals surface area contributed by atoms with Gasteiger partial charge in [-0.25, -0.2) is 4.98 Å². The number of para-hydroxylation sites is 1. The van der Waals surface area contributed by atoms with Crippen molar-refractivity contribution in [2.45, 2.75) is 6.92 Å². The molecule has 82 valence electrons. The highest BCUT2D eigenvalue weighted by Gasteiger charge is 2.03. The quantitative estimate of drug-likeness (QED) is 0.568. The van der Waals surface area contributed by atoms with E-state index in [9.17, 15) is 0 Å². The number of fused-ring (bicyclic) bond motifs is 1. The van der Waals surface area contributed by atoms with Gasteiger partial charge in [0.1, 0.15) is 5.15 Å². The molecule has 1 heterocycles. The summed E-state index contributed by atoms with van der Waals surface area (Å²) in [4.78, 5) is 4.40. The molecule has 1 nitrogen and oxygen atoms in total. The molecule has 2 aromatic rings. The summed E-state index contributed by atoms with van der Waals surface area (Å²) in [6, 6.07) is 8.10. The van der Waals surface area contributed by atoms with Crippen LogP contribution in [0.5, 0.6) is 0 Å². The predicted octanol–water partition coefficient (Wildman–Crippen LogP) is 4.45. The Balaban J connectivity index is 2.63. The molecule has 0 saturated carbocycles. The van der Waals surface area contributed by atoms with E-state index in [0.717, 1.165) is 22.0 Å². The molecule has 0 amide bonds. The Kier molecular flexibility index (Phi) is 3.47. The van der Waals surface area contributed by atoms with Crippen LogP contribution in [-0.2, 0) is 0 Å². The number of pyridine rings is 1. The molecular formula is C13H11Cl2N. The molecule has 0 N–H and O–H groups in total. The number of aromatic nitrogens is 1. The van der Waals surface area contributed by atoms with Gasteiger partial charge in [-0.3, -0.25) is 0 Å². The van der Waals surface area contributed by atoms with Crippen LogP contribution < -0.4 is 0 Å². The maximum atomic E-state index is 6.11. The minimum atomic E-state index is 0.474. The van der Waals surface area contributed by atoms with E-state index in [1.165, 1.54) is 0 Å². The highest BCUT2D eigenvalue weighted by atomic mass is 35.5. The lowest BCUT2D eigenvalue weighted by atomic mass is 10.1. The van der Waals surface area contributed by atoms with Crippen molar-refractivity contribution in [1.29, 1.82) is 0 Å². The largest absolute Gasteiger partial charge is 0.235 e. The SMILES string of the molecule is Cc1cccc2cc(C=CCCl)c(Cl)nc12. The number of alkyl halides is 1. The Labute approximate surface area is 105 Å². The fourth-order valence-electron chi connectivity index (χ4n) is 1.63. The molecule has 0 aliphatic carbocycles. The Bertz CT molecular complexity index is 547. The van der Waals surface area contributed by atoms with Crippen LogP contribution in [0.1, 0.15) is 11.1 Å². The Morgan fingerprint density at radius 2 is 2.19 bits per heavy atom. The maximum Gasteiger partial charge on any atom is 0.136 e. The van der Waals surface area contributed by atoms with Crippen LogP contribution in [0.4, 0.5) is 0 Å². The minimum Gasteiger partial charge on any atom is -0.235 e. The van der Waals surface area contributed by atoms with Crippen LogP contribution in [0, 0.1) is 6.92 Å². The van der Waals surface area contributed by atoms with Crippen molar-refractivity contribution >= 4 is 40.2 Å². The van der Waals surface area contributed by atoms with E-state index in [2.05, 4.69) is 4.98 Å². The third-order valence-electron chi connectivity index (χ3n) is 2.41. The van der Waals surface area contributed by atoms with Gasteiger partial charge in [0.2, 0.25) is 0 Å². The standard InChI is InChI=1S/C13H11Cl2N/c1-9-4-2-5-10-8-11(6-3-7-14)13(15)16-12(9)10/h2-6,8H,7H2,1H3. The summed E-state index contributed by atoms with van der Waals surface area (Å²) in [6.07, 6.45) is 3.75. The van der Waals surface area contributed by atoms with Crippen molar-refractivity contribution in [1.82, 2.24) is 4.98 Å². The third-order valence-corrected chi connectivity index (χ3v) is 2.90. The van der Waals surface area contributed by atoms with Gasteiger partial charge in [0.15, 0.2) is 0 Å². The van der Waals surface area contributed by atoms with Crippen molar-refractivity contribution in [2.75, 3.05) is 5.88 Å². The zero-order valence-electron chi connectivity index (χ0n) is 8.87. The molecule has 0 aliphatic heterocycles. The Morgan fingerprint density at radius 1 is 1.38 bits per heavy atom. The lowest BCUT2D eigenvalue weighted by Gasteiger charge is -2.04. The average Bonchev–Trinajstić information content (AvgIpc) is 2.28. The highest BCUT2D eigenvalue weighted by Crippen LogP contribution is 2.23. The summed E-state index contributed by atoms with van der Waals surface area (Å²) < 4.78 is 0. The molecule has 0 atom stereocenters. The van der Waals surface area contributed by atoms with Gasteiger partial charge in [0.25, 0.3) is 0 Å². The van der Waals surface area contributed by atoms with Gasteiger partial charge in [0.05, 0.1) is 5.52 Å². The summed E-state index contributed by atoms with van der Waals surface area (Å²) in [7, 11) is 0. The van der Waals surface area contributed by atoms with Crippen molar-refractivity contribution < 1.29 is 0 Å². The molecule has 2 rings (SSSR count). The van der Waals surface area contributed by atoms with Crippen LogP contribution in [0.2, 0.25) is 5.15 Å². The van der Waals surface area contributed by atoms with Crippen LogP contribution in [-0.4, -0.2) is 10.9 Å². The van der Waals surface area contributed by atoms with Crippen molar-refractivity contribution in [3.8, 4) is 0 Å². The van der Waals surface area contributed by atoms with E-state index >= 15 is 0 Å². The molecule has 1 aromatic carbocycles. The molecule has 0 saturated heterocycles. The summed E-state index contributed by atoms with van der Waals surface area (Å²) in [5, 5.41) is 1.61. The first-order valence-electron chi connectivity index (χ1n) is 5.01. The second-order valence-electron chi connectivity index (χ2n) is 3.57. The van der Waals surface area contributed by atoms with Gasteiger partial charge < -0.3 is 0 Å². The highest BCUT2D eigenvalue weighted by molar-refractivity contribution is 6.31. The molecule has 0 spiro atoms. The molecular weight excluding hydrogens is 241 g/mol. The van der Waals surface area contributed by atoms with Gasteiger partial charge >= 0.3 is 0 Å². The smallest absolute Gasteiger partial charge is 0.136 e. The van der Waals surface area contributed by atoms with Crippen molar-refractivity contribution in [3.63, 3.8) is 0 Å². The van der Waals surface area contributed by atoms with Gasteiger partial charge in [-0.1, -0.05) is 42.0 Å². The fraction of sp³-hybridized carbons (Fsp3) is 0.154. The van der Waals surface area contributed by atoms with Gasteiger partial charge in [0, 0.05) is 16.8 Å². The first kappa shape index (κ1) is 11.4. The number of nitrogens with zero attached hydrogens (tertiary/aromatic N) is 1. The second-order valence-corrected chi connectivity index (χ2v) is 4.24. The topological polar surface area (TPSA) is 12.9 Å². The zero-order valence-corrected chi connectivity index (χ0v) is 10.4. The molecule has 0 fully saturated rings. The fourth-order valence-corrected chi connectivity index (χ4v) is 1.92. The lowest BCUT2D eigenvalue weighted by molar-refractivity contribution is 1.35. The first-order valence-corrected chi connectivity index (χ1v) is 5.92. The van der Waals surface area contributed by atoms with Crippen molar-refractivity contribution in [3.05, 3.63) is 46.6 Å². The van der Waals surface area contributed by atoms with E-state index < -0.39 is 0 Å². The zero-order chi connectivity index (χ0) is 11.5. The summed E-state index contributed by atoms with van der Waals surface area (Å²) in [5.41, 5.74) is 2.99. The van der Waals surface area contributed by atoms with Crippen molar-refractivity contribution in [2.24, 2.45) is 0 Å². The second kappa shape index (κ2) is 4.86. The predicted molar refractivity (Wildman–Crippen MR) is 71.2 cm³/mol. The van der Waals surface area contributed by atoms with E-state index in [0.29, 0.717) is 11.0 Å². The molecule has 1 aromatic heterocycles. The summed E-state index contributed by atoms with van der Waals surface area (Å²) in [5.74, 6) is 0.474. The number of halogens is 2. The molecule has 0 radical (unpaired) electrons. The number of hydrogen-bond acceptors (Lipinski definition) is 1. The third kappa shape index (κ3) is 2.21. The van der Waals surface area contributed by atoms with Crippen LogP contribution in [0.25, 0.3) is 17.0 Å². The molecule has 16 heavy (non-hydrogen) atoms. The number of hydrogen-bond donors (Lipinski definition) is 0. The Morgan fingerprint density at radius 3 is 2.94 bits per heavy atom. The number of rotatable bonds is 2. The normalized spacial score (nSPS) is 11.4.